The van der Waals surface area contributed by atoms with E-state index in [0.717, 1.165) is 60.0 Å². The van der Waals surface area contributed by atoms with E-state index in [1.54, 1.807) is 12.3 Å². The second kappa shape index (κ2) is 10.2. The van der Waals surface area contributed by atoms with Crippen molar-refractivity contribution in [2.75, 3.05) is 44.8 Å². The molecular weight excluding hydrogens is 470 g/mol. The zero-order valence-electron chi connectivity index (χ0n) is 19.1. The molecule has 1 aliphatic rings. The molecule has 0 saturated carbocycles. The molecule has 2 N–H and O–H groups in total. The zero-order valence-corrected chi connectivity index (χ0v) is 20.7. The molecule has 0 amide bonds. The van der Waals surface area contributed by atoms with Crippen LogP contribution in [0.5, 0.6) is 11.6 Å². The standard InChI is InChI=1S/C24H26ClN7OS/c1-31-9-11-32(12-10-31)15-16-13-17(3-5-19(16)25)27-23-28-20-6-4-18(14-21(20)29-23)33-22-7-8-26-24(30-22)34-2/h3-8,13-14H,9-12,15H2,1-2H3,(H2,27,28,29). The molecule has 0 atom stereocenters. The number of hydrogen-bond acceptors (Lipinski definition) is 8. The van der Waals surface area contributed by atoms with Gasteiger partial charge in [0, 0.05) is 61.8 Å². The van der Waals surface area contributed by atoms with Gasteiger partial charge in [0.25, 0.3) is 0 Å². The van der Waals surface area contributed by atoms with E-state index in [4.69, 9.17) is 16.3 Å². The molecule has 1 aliphatic heterocycles. The van der Waals surface area contributed by atoms with E-state index < -0.39 is 0 Å². The first-order chi connectivity index (χ1) is 16.6. The highest BCUT2D eigenvalue weighted by Gasteiger charge is 2.16. The molecule has 8 nitrogen and oxygen atoms in total. The van der Waals surface area contributed by atoms with E-state index in [1.807, 2.05) is 36.6 Å². The maximum absolute atomic E-state index is 6.50. The number of nitrogens with one attached hydrogen (secondary N) is 2. The fourth-order valence-electron chi connectivity index (χ4n) is 3.87. The van der Waals surface area contributed by atoms with E-state index in [1.165, 1.54) is 11.8 Å². The number of anilines is 2. The summed E-state index contributed by atoms with van der Waals surface area (Å²) in [6, 6.07) is 13.5. The molecule has 5 rings (SSSR count). The van der Waals surface area contributed by atoms with Gasteiger partial charge >= 0.3 is 0 Å². The molecule has 1 fully saturated rings. The number of rotatable bonds is 7. The number of nitrogens with zero attached hydrogens (tertiary/aromatic N) is 5. The third kappa shape index (κ3) is 5.44. The van der Waals surface area contributed by atoms with Gasteiger partial charge in [-0.3, -0.25) is 4.90 Å². The van der Waals surface area contributed by atoms with Gasteiger partial charge in [-0.25, -0.2) is 9.97 Å². The number of imidazole rings is 1. The molecule has 0 aliphatic carbocycles. The van der Waals surface area contributed by atoms with Crippen LogP contribution in [0.25, 0.3) is 11.0 Å². The highest BCUT2D eigenvalue weighted by Crippen LogP contribution is 2.28. The third-order valence-electron chi connectivity index (χ3n) is 5.77. The average molecular weight is 496 g/mol. The number of fused-ring (bicyclic) bond motifs is 1. The minimum atomic E-state index is 0.502. The van der Waals surface area contributed by atoms with Crippen molar-refractivity contribution in [2.45, 2.75) is 11.7 Å². The first kappa shape index (κ1) is 22.9. The largest absolute Gasteiger partial charge is 0.439 e. The quantitative estimate of drug-likeness (QED) is 0.273. The minimum absolute atomic E-state index is 0.502. The fraction of sp³-hybridized carbons (Fsp3) is 0.292. The number of ether oxygens (including phenoxy) is 1. The van der Waals surface area contributed by atoms with Crippen LogP contribution in [0.4, 0.5) is 11.6 Å². The Labute approximate surface area is 207 Å². The molecule has 0 bridgehead atoms. The van der Waals surface area contributed by atoms with Crippen molar-refractivity contribution >= 4 is 46.0 Å². The number of halogens is 1. The normalized spacial score (nSPS) is 15.0. The summed E-state index contributed by atoms with van der Waals surface area (Å²) in [5, 5.41) is 4.82. The summed E-state index contributed by atoms with van der Waals surface area (Å²) in [6.45, 7) is 5.09. The Morgan fingerprint density at radius 1 is 1.09 bits per heavy atom. The lowest BCUT2D eigenvalue weighted by Gasteiger charge is -2.32. The van der Waals surface area contributed by atoms with Crippen LogP contribution in [0.1, 0.15) is 5.56 Å². The predicted molar refractivity (Wildman–Crippen MR) is 137 cm³/mol. The number of piperazine rings is 1. The predicted octanol–water partition coefficient (Wildman–Crippen LogP) is 5.01. The van der Waals surface area contributed by atoms with Crippen LogP contribution in [-0.2, 0) is 6.54 Å². The number of aromatic amines is 1. The van der Waals surface area contributed by atoms with Gasteiger partial charge in [0.1, 0.15) is 5.75 Å². The van der Waals surface area contributed by atoms with Crippen LogP contribution in [0.15, 0.2) is 53.8 Å². The Morgan fingerprint density at radius 2 is 1.94 bits per heavy atom. The van der Waals surface area contributed by atoms with Crippen molar-refractivity contribution in [3.63, 3.8) is 0 Å². The maximum Gasteiger partial charge on any atom is 0.223 e. The Hall–Kier alpha value is -2.85. The second-order valence-corrected chi connectivity index (χ2v) is 9.44. The van der Waals surface area contributed by atoms with Crippen LogP contribution < -0.4 is 10.1 Å². The SMILES string of the molecule is CSc1nccc(Oc2ccc3[nH]c(Nc4ccc(Cl)c(CN5CCN(C)CC5)c4)nc3c2)n1. The van der Waals surface area contributed by atoms with E-state index in [9.17, 15) is 0 Å². The van der Waals surface area contributed by atoms with Crippen molar-refractivity contribution < 1.29 is 4.74 Å². The molecule has 2 aromatic carbocycles. The number of likely N-dealkylation sites (N-methyl/N-ethyl adjacent to an activating group) is 1. The lowest BCUT2D eigenvalue weighted by atomic mass is 10.1. The molecule has 34 heavy (non-hydrogen) atoms. The van der Waals surface area contributed by atoms with Gasteiger partial charge in [-0.2, -0.15) is 4.98 Å². The summed E-state index contributed by atoms with van der Waals surface area (Å²) in [4.78, 5) is 21.3. The molecule has 1 saturated heterocycles. The van der Waals surface area contributed by atoms with Crippen LogP contribution in [0.2, 0.25) is 5.02 Å². The average Bonchev–Trinajstić information content (AvgIpc) is 3.24. The molecular formula is C24H26ClN7OS. The highest BCUT2D eigenvalue weighted by atomic mass is 35.5. The van der Waals surface area contributed by atoms with Crippen molar-refractivity contribution in [2.24, 2.45) is 0 Å². The van der Waals surface area contributed by atoms with E-state index in [0.29, 0.717) is 22.7 Å². The summed E-state index contributed by atoms with van der Waals surface area (Å²) >= 11 is 7.97. The summed E-state index contributed by atoms with van der Waals surface area (Å²) in [7, 11) is 2.16. The first-order valence-electron chi connectivity index (χ1n) is 11.1. The zero-order chi connectivity index (χ0) is 23.5. The number of hydrogen-bond donors (Lipinski definition) is 2. The Morgan fingerprint density at radius 3 is 2.76 bits per heavy atom. The second-order valence-electron chi connectivity index (χ2n) is 8.26. The summed E-state index contributed by atoms with van der Waals surface area (Å²) in [6.07, 6.45) is 3.62. The summed E-state index contributed by atoms with van der Waals surface area (Å²) in [5.41, 5.74) is 3.76. The first-order valence-corrected chi connectivity index (χ1v) is 12.7. The fourth-order valence-corrected chi connectivity index (χ4v) is 4.39. The minimum Gasteiger partial charge on any atom is -0.439 e. The number of H-pyrrole nitrogens is 1. The Kier molecular flexibility index (Phi) is 6.87. The van der Waals surface area contributed by atoms with Crippen LogP contribution in [0.3, 0.4) is 0 Å². The molecule has 3 heterocycles. The smallest absolute Gasteiger partial charge is 0.223 e. The third-order valence-corrected chi connectivity index (χ3v) is 6.70. The topological polar surface area (TPSA) is 82.2 Å². The van der Waals surface area contributed by atoms with Crippen molar-refractivity contribution in [1.29, 1.82) is 0 Å². The highest BCUT2D eigenvalue weighted by molar-refractivity contribution is 7.98. The molecule has 4 aromatic rings. The lowest BCUT2D eigenvalue weighted by Crippen LogP contribution is -2.43. The summed E-state index contributed by atoms with van der Waals surface area (Å²) < 4.78 is 5.90. The monoisotopic (exact) mass is 495 g/mol. The van der Waals surface area contributed by atoms with Gasteiger partial charge in [0.15, 0.2) is 5.16 Å². The van der Waals surface area contributed by atoms with Crippen molar-refractivity contribution in [1.82, 2.24) is 29.7 Å². The van der Waals surface area contributed by atoms with Gasteiger partial charge in [-0.15, -0.1) is 0 Å². The number of thioether (sulfide) groups is 1. The van der Waals surface area contributed by atoms with Gasteiger partial charge < -0.3 is 19.9 Å². The van der Waals surface area contributed by atoms with Gasteiger partial charge in [-0.1, -0.05) is 23.4 Å². The Balaban J connectivity index is 1.30. The van der Waals surface area contributed by atoms with E-state index in [2.05, 4.69) is 48.2 Å². The molecule has 10 heteroatoms. The van der Waals surface area contributed by atoms with E-state index >= 15 is 0 Å². The Bertz CT molecular complexity index is 1290. The van der Waals surface area contributed by atoms with Crippen molar-refractivity contribution in [3.8, 4) is 11.6 Å². The van der Waals surface area contributed by atoms with Crippen LogP contribution in [-0.4, -0.2) is 69.2 Å². The molecule has 0 unspecified atom stereocenters. The van der Waals surface area contributed by atoms with Gasteiger partial charge in [0.2, 0.25) is 11.8 Å². The molecule has 0 radical (unpaired) electrons. The molecule has 176 valence electrons. The van der Waals surface area contributed by atoms with Crippen LogP contribution in [0, 0.1) is 0 Å². The summed E-state index contributed by atoms with van der Waals surface area (Å²) in [5.74, 6) is 1.82. The van der Waals surface area contributed by atoms with E-state index in [-0.39, 0.29) is 0 Å². The van der Waals surface area contributed by atoms with Crippen LogP contribution >= 0.6 is 23.4 Å². The number of aromatic nitrogens is 4. The molecule has 0 spiro atoms. The molecule has 2 aromatic heterocycles. The maximum atomic E-state index is 6.50. The van der Waals surface area contributed by atoms with Gasteiger partial charge in [0.05, 0.1) is 11.0 Å². The van der Waals surface area contributed by atoms with Gasteiger partial charge in [-0.05, 0) is 49.2 Å². The van der Waals surface area contributed by atoms with Crippen molar-refractivity contribution in [3.05, 3.63) is 59.2 Å². The lowest BCUT2D eigenvalue weighted by molar-refractivity contribution is 0.148. The number of benzene rings is 2.